The van der Waals surface area contributed by atoms with Gasteiger partial charge in [-0.1, -0.05) is 11.6 Å². The summed E-state index contributed by atoms with van der Waals surface area (Å²) in [4.78, 5) is 24.6. The first-order chi connectivity index (χ1) is 9.47. The van der Waals surface area contributed by atoms with Crippen LogP contribution in [0.5, 0.6) is 0 Å². The SMILES string of the molecule is O=C(O)CC1CCCN1C(=O)Nc1ccc(Cl)cc1Br. The number of amides is 2. The number of carboxylic acid groups (broad SMARTS) is 1. The lowest BCUT2D eigenvalue weighted by Gasteiger charge is -2.24. The molecule has 5 nitrogen and oxygen atoms in total. The highest BCUT2D eigenvalue weighted by molar-refractivity contribution is 9.10. The summed E-state index contributed by atoms with van der Waals surface area (Å²) in [6.07, 6.45) is 1.53. The van der Waals surface area contributed by atoms with Crippen molar-refractivity contribution in [2.75, 3.05) is 11.9 Å². The molecular formula is C13H14BrClN2O3. The molecule has 2 N–H and O–H groups in total. The topological polar surface area (TPSA) is 69.6 Å². The molecule has 1 fully saturated rings. The zero-order valence-electron chi connectivity index (χ0n) is 10.6. The van der Waals surface area contributed by atoms with E-state index in [-0.39, 0.29) is 18.5 Å². The fourth-order valence-electron chi connectivity index (χ4n) is 2.29. The van der Waals surface area contributed by atoms with E-state index in [1.165, 1.54) is 0 Å². The number of hydrogen-bond donors (Lipinski definition) is 2. The Morgan fingerprint density at radius 3 is 2.90 bits per heavy atom. The summed E-state index contributed by atoms with van der Waals surface area (Å²) in [5.74, 6) is -0.887. The first-order valence-electron chi connectivity index (χ1n) is 6.22. The third kappa shape index (κ3) is 3.64. The molecule has 1 unspecified atom stereocenters. The van der Waals surface area contributed by atoms with Gasteiger partial charge in [0, 0.05) is 22.1 Å². The number of benzene rings is 1. The van der Waals surface area contributed by atoms with E-state index in [0.29, 0.717) is 21.7 Å². The minimum absolute atomic E-state index is 0.0186. The fraction of sp³-hybridized carbons (Fsp3) is 0.385. The first kappa shape index (κ1) is 15.1. The summed E-state index contributed by atoms with van der Waals surface area (Å²) in [6.45, 7) is 0.578. The van der Waals surface area contributed by atoms with Gasteiger partial charge in [0.05, 0.1) is 12.1 Å². The summed E-state index contributed by atoms with van der Waals surface area (Å²) in [5, 5.41) is 12.2. The van der Waals surface area contributed by atoms with Gasteiger partial charge in [0.25, 0.3) is 0 Å². The molecule has 0 aromatic heterocycles. The van der Waals surface area contributed by atoms with E-state index in [1.54, 1.807) is 23.1 Å². The highest BCUT2D eigenvalue weighted by Gasteiger charge is 2.30. The van der Waals surface area contributed by atoms with E-state index in [1.807, 2.05) is 0 Å². The van der Waals surface area contributed by atoms with Gasteiger partial charge in [0.15, 0.2) is 0 Å². The van der Waals surface area contributed by atoms with Crippen molar-refractivity contribution in [3.8, 4) is 0 Å². The van der Waals surface area contributed by atoms with Crippen LogP contribution in [0.2, 0.25) is 5.02 Å². The van der Waals surface area contributed by atoms with Crippen molar-refractivity contribution in [1.29, 1.82) is 0 Å². The Kier molecular flexibility index (Phi) is 4.88. The maximum absolute atomic E-state index is 12.2. The molecule has 2 rings (SSSR count). The van der Waals surface area contributed by atoms with Gasteiger partial charge in [-0.3, -0.25) is 4.79 Å². The summed E-state index contributed by atoms with van der Waals surface area (Å²) in [7, 11) is 0. The van der Waals surface area contributed by atoms with Crippen LogP contribution < -0.4 is 5.32 Å². The average Bonchev–Trinajstić information content (AvgIpc) is 2.80. The molecule has 20 heavy (non-hydrogen) atoms. The normalized spacial score (nSPS) is 18.1. The molecular weight excluding hydrogens is 348 g/mol. The van der Waals surface area contributed by atoms with Gasteiger partial charge in [-0.15, -0.1) is 0 Å². The highest BCUT2D eigenvalue weighted by atomic mass is 79.9. The molecule has 1 saturated heterocycles. The van der Waals surface area contributed by atoms with Crippen LogP contribution in [0.4, 0.5) is 10.5 Å². The number of nitrogens with zero attached hydrogens (tertiary/aromatic N) is 1. The maximum atomic E-state index is 12.2. The zero-order chi connectivity index (χ0) is 14.7. The Morgan fingerprint density at radius 1 is 1.50 bits per heavy atom. The number of urea groups is 1. The van der Waals surface area contributed by atoms with E-state index in [9.17, 15) is 9.59 Å². The Hall–Kier alpha value is -1.27. The lowest BCUT2D eigenvalue weighted by molar-refractivity contribution is -0.137. The quantitative estimate of drug-likeness (QED) is 0.864. The molecule has 1 atom stereocenters. The van der Waals surface area contributed by atoms with Crippen LogP contribution in [0.25, 0.3) is 0 Å². The largest absolute Gasteiger partial charge is 0.481 e. The number of carbonyl (C=O) groups excluding carboxylic acids is 1. The molecule has 7 heteroatoms. The number of carbonyl (C=O) groups is 2. The number of anilines is 1. The van der Waals surface area contributed by atoms with E-state index in [4.69, 9.17) is 16.7 Å². The standard InChI is InChI=1S/C13H14BrClN2O3/c14-10-6-8(15)3-4-11(10)16-13(20)17-5-1-2-9(17)7-12(18)19/h3-4,6,9H,1-2,5,7H2,(H,16,20)(H,18,19). The lowest BCUT2D eigenvalue weighted by atomic mass is 10.1. The highest BCUT2D eigenvalue weighted by Crippen LogP contribution is 2.27. The first-order valence-corrected chi connectivity index (χ1v) is 7.39. The summed E-state index contributed by atoms with van der Waals surface area (Å²) >= 11 is 9.17. The second kappa shape index (κ2) is 6.45. The molecule has 1 heterocycles. The molecule has 108 valence electrons. The van der Waals surface area contributed by atoms with Gasteiger partial charge in [-0.2, -0.15) is 0 Å². The van der Waals surface area contributed by atoms with Crippen LogP contribution in [-0.4, -0.2) is 34.6 Å². The van der Waals surface area contributed by atoms with Gasteiger partial charge in [0.1, 0.15) is 0 Å². The third-order valence-electron chi connectivity index (χ3n) is 3.22. The summed E-state index contributed by atoms with van der Waals surface area (Å²) in [5.41, 5.74) is 0.611. The summed E-state index contributed by atoms with van der Waals surface area (Å²) < 4.78 is 0.687. The molecule has 2 amide bonds. The number of halogens is 2. The number of aliphatic carboxylic acids is 1. The Balaban J connectivity index is 2.05. The number of hydrogen-bond acceptors (Lipinski definition) is 2. The van der Waals surface area contributed by atoms with Crippen LogP contribution in [-0.2, 0) is 4.79 Å². The molecule has 0 radical (unpaired) electrons. The predicted molar refractivity (Wildman–Crippen MR) is 80.2 cm³/mol. The average molecular weight is 362 g/mol. The van der Waals surface area contributed by atoms with Crippen LogP contribution >= 0.6 is 27.5 Å². The van der Waals surface area contributed by atoms with Crippen molar-refractivity contribution in [2.45, 2.75) is 25.3 Å². The number of carboxylic acids is 1. The van der Waals surface area contributed by atoms with Gasteiger partial charge >= 0.3 is 12.0 Å². The van der Waals surface area contributed by atoms with Crippen LogP contribution in [0.3, 0.4) is 0 Å². The third-order valence-corrected chi connectivity index (χ3v) is 4.11. The molecule has 0 bridgehead atoms. The molecule has 1 aliphatic heterocycles. The van der Waals surface area contributed by atoms with Gasteiger partial charge in [-0.05, 0) is 47.0 Å². The van der Waals surface area contributed by atoms with Crippen LogP contribution in [0.1, 0.15) is 19.3 Å². The smallest absolute Gasteiger partial charge is 0.322 e. The minimum Gasteiger partial charge on any atom is -0.481 e. The lowest BCUT2D eigenvalue weighted by Crippen LogP contribution is -2.39. The van der Waals surface area contributed by atoms with E-state index >= 15 is 0 Å². The van der Waals surface area contributed by atoms with Crippen molar-refractivity contribution in [3.63, 3.8) is 0 Å². The van der Waals surface area contributed by atoms with Crippen molar-refractivity contribution in [1.82, 2.24) is 4.90 Å². The minimum atomic E-state index is -0.887. The Labute approximate surface area is 130 Å². The Morgan fingerprint density at radius 2 is 2.25 bits per heavy atom. The molecule has 1 aliphatic rings. The van der Waals surface area contributed by atoms with E-state index < -0.39 is 5.97 Å². The zero-order valence-corrected chi connectivity index (χ0v) is 12.9. The second-order valence-electron chi connectivity index (χ2n) is 4.64. The number of nitrogens with one attached hydrogen (secondary N) is 1. The monoisotopic (exact) mass is 360 g/mol. The van der Waals surface area contributed by atoms with Crippen molar-refractivity contribution >= 4 is 45.2 Å². The fourth-order valence-corrected chi connectivity index (χ4v) is 3.08. The van der Waals surface area contributed by atoms with Gasteiger partial charge < -0.3 is 15.3 Å². The second-order valence-corrected chi connectivity index (χ2v) is 5.93. The van der Waals surface area contributed by atoms with Gasteiger partial charge in [-0.25, -0.2) is 4.79 Å². The molecule has 1 aromatic carbocycles. The van der Waals surface area contributed by atoms with Crippen LogP contribution in [0.15, 0.2) is 22.7 Å². The molecule has 0 saturated carbocycles. The number of likely N-dealkylation sites (tertiary alicyclic amines) is 1. The van der Waals surface area contributed by atoms with E-state index in [2.05, 4.69) is 21.2 Å². The predicted octanol–water partition coefficient (Wildman–Crippen LogP) is 3.57. The van der Waals surface area contributed by atoms with Crippen molar-refractivity contribution < 1.29 is 14.7 Å². The number of rotatable bonds is 3. The van der Waals surface area contributed by atoms with Crippen molar-refractivity contribution in [3.05, 3.63) is 27.7 Å². The summed E-state index contributed by atoms with van der Waals surface area (Å²) in [6, 6.07) is 4.55. The molecule has 0 spiro atoms. The molecule has 0 aliphatic carbocycles. The Bertz CT molecular complexity index is 538. The van der Waals surface area contributed by atoms with Crippen molar-refractivity contribution in [2.24, 2.45) is 0 Å². The van der Waals surface area contributed by atoms with E-state index in [0.717, 1.165) is 12.8 Å². The molecule has 1 aromatic rings. The van der Waals surface area contributed by atoms with Crippen LogP contribution in [0, 0.1) is 0 Å². The van der Waals surface area contributed by atoms with Gasteiger partial charge in [0.2, 0.25) is 0 Å². The maximum Gasteiger partial charge on any atom is 0.322 e.